The van der Waals surface area contributed by atoms with Gasteiger partial charge in [0, 0.05) is 0 Å². The van der Waals surface area contributed by atoms with Gasteiger partial charge in [-0.15, -0.1) is 11.3 Å². The first-order valence-electron chi connectivity index (χ1n) is 6.27. The molecule has 1 aliphatic carbocycles. The van der Waals surface area contributed by atoms with E-state index in [-0.39, 0.29) is 12.4 Å². The van der Waals surface area contributed by atoms with Gasteiger partial charge in [-0.3, -0.25) is 4.72 Å². The molecule has 0 bridgehead atoms. The van der Waals surface area contributed by atoms with Crippen LogP contribution in [0.3, 0.4) is 0 Å². The number of ether oxygens (including phenoxy) is 1. The van der Waals surface area contributed by atoms with Gasteiger partial charge < -0.3 is 4.74 Å². The van der Waals surface area contributed by atoms with E-state index in [1.807, 2.05) is 5.38 Å². The predicted molar refractivity (Wildman–Crippen MR) is 75.3 cm³/mol. The highest BCUT2D eigenvalue weighted by Gasteiger charge is 2.32. The third-order valence-electron chi connectivity index (χ3n) is 2.94. The van der Waals surface area contributed by atoms with Crippen molar-refractivity contribution in [3.8, 4) is 0 Å². The van der Waals surface area contributed by atoms with E-state index in [0.29, 0.717) is 16.5 Å². The normalized spacial score (nSPS) is 15.3. The second-order valence-corrected chi connectivity index (χ2v) is 7.29. The van der Waals surface area contributed by atoms with Crippen molar-refractivity contribution in [3.05, 3.63) is 16.5 Å². The minimum absolute atomic E-state index is 0.0219. The van der Waals surface area contributed by atoms with Gasteiger partial charge >= 0.3 is 5.97 Å². The van der Waals surface area contributed by atoms with Gasteiger partial charge in [-0.25, -0.2) is 13.2 Å². The number of thiophene rings is 1. The van der Waals surface area contributed by atoms with Crippen LogP contribution in [-0.2, 0) is 14.8 Å². The highest BCUT2D eigenvalue weighted by Crippen LogP contribution is 2.46. The molecule has 1 aliphatic rings. The Balaban J connectivity index is 2.35. The van der Waals surface area contributed by atoms with Crippen molar-refractivity contribution in [2.45, 2.75) is 32.6 Å². The second kappa shape index (κ2) is 5.50. The third kappa shape index (κ3) is 3.27. The van der Waals surface area contributed by atoms with Crippen molar-refractivity contribution < 1.29 is 17.9 Å². The molecular formula is C12H17NO4S2. The summed E-state index contributed by atoms with van der Waals surface area (Å²) in [5.74, 6) is -0.0960. The van der Waals surface area contributed by atoms with Crippen LogP contribution in [0, 0.1) is 0 Å². The van der Waals surface area contributed by atoms with Crippen LogP contribution in [-0.4, -0.2) is 26.7 Å². The fraction of sp³-hybridized carbons (Fsp3) is 0.583. The third-order valence-corrected chi connectivity index (χ3v) is 5.26. The summed E-state index contributed by atoms with van der Waals surface area (Å²) in [6.07, 6.45) is 2.09. The van der Waals surface area contributed by atoms with E-state index < -0.39 is 16.0 Å². The first-order chi connectivity index (χ1) is 8.98. The minimum atomic E-state index is -3.38. The van der Waals surface area contributed by atoms with Gasteiger partial charge in [0.2, 0.25) is 10.0 Å². The minimum Gasteiger partial charge on any atom is -0.462 e. The van der Waals surface area contributed by atoms with Crippen LogP contribution in [0.25, 0.3) is 0 Å². The van der Waals surface area contributed by atoms with Crippen LogP contribution in [0.15, 0.2) is 5.38 Å². The Labute approximate surface area is 117 Å². The van der Waals surface area contributed by atoms with Crippen molar-refractivity contribution >= 4 is 32.3 Å². The molecule has 0 spiro atoms. The number of rotatable bonds is 6. The van der Waals surface area contributed by atoms with Gasteiger partial charge in [0.05, 0.1) is 17.9 Å². The van der Waals surface area contributed by atoms with Gasteiger partial charge in [0.1, 0.15) is 5.00 Å². The number of carbonyl (C=O) groups excluding carboxylic acids is 1. The maximum atomic E-state index is 12.0. The average Bonchev–Trinajstić information content (AvgIpc) is 3.11. The zero-order valence-corrected chi connectivity index (χ0v) is 12.6. The summed E-state index contributed by atoms with van der Waals surface area (Å²) >= 11 is 1.25. The van der Waals surface area contributed by atoms with E-state index in [1.54, 1.807) is 13.8 Å². The topological polar surface area (TPSA) is 72.5 Å². The highest BCUT2D eigenvalue weighted by atomic mass is 32.2. The van der Waals surface area contributed by atoms with E-state index in [9.17, 15) is 13.2 Å². The molecule has 0 saturated heterocycles. The molecule has 0 amide bonds. The Morgan fingerprint density at radius 2 is 2.16 bits per heavy atom. The van der Waals surface area contributed by atoms with E-state index in [1.165, 1.54) is 11.3 Å². The van der Waals surface area contributed by atoms with Crippen molar-refractivity contribution in [1.82, 2.24) is 0 Å². The summed E-state index contributed by atoms with van der Waals surface area (Å²) in [5.41, 5.74) is 1.31. The van der Waals surface area contributed by atoms with Crippen LogP contribution >= 0.6 is 11.3 Å². The van der Waals surface area contributed by atoms with Gasteiger partial charge in [0.25, 0.3) is 0 Å². The Kier molecular flexibility index (Phi) is 4.15. The fourth-order valence-electron chi connectivity index (χ4n) is 1.77. The van der Waals surface area contributed by atoms with E-state index in [0.717, 1.165) is 18.4 Å². The lowest BCUT2D eigenvalue weighted by atomic mass is 10.1. The first kappa shape index (κ1) is 14.3. The Hall–Kier alpha value is -1.08. The molecule has 1 heterocycles. The molecule has 19 heavy (non-hydrogen) atoms. The molecule has 1 saturated carbocycles. The van der Waals surface area contributed by atoms with Crippen molar-refractivity contribution in [2.24, 2.45) is 0 Å². The SMILES string of the molecule is CCOC(=O)c1c(C2CC2)csc1NS(=O)(=O)CC. The molecule has 2 rings (SSSR count). The lowest BCUT2D eigenvalue weighted by molar-refractivity contribution is 0.0527. The summed E-state index contributed by atoms with van der Waals surface area (Å²) < 4.78 is 30.8. The lowest BCUT2D eigenvalue weighted by Gasteiger charge is -2.08. The van der Waals surface area contributed by atoms with Gasteiger partial charge in [-0.05, 0) is 43.6 Å². The quantitative estimate of drug-likeness (QED) is 0.820. The molecule has 0 unspecified atom stereocenters. The zero-order valence-electron chi connectivity index (χ0n) is 10.9. The van der Waals surface area contributed by atoms with Gasteiger partial charge in [-0.2, -0.15) is 0 Å². The van der Waals surface area contributed by atoms with Crippen LogP contribution in [0.2, 0.25) is 0 Å². The fourth-order valence-corrected chi connectivity index (χ4v) is 3.74. The predicted octanol–water partition coefficient (Wildman–Crippen LogP) is 2.56. The van der Waals surface area contributed by atoms with Crippen molar-refractivity contribution in [1.29, 1.82) is 0 Å². The summed E-state index contributed by atoms with van der Waals surface area (Å²) in [6, 6.07) is 0. The molecule has 1 N–H and O–H groups in total. The Morgan fingerprint density at radius 1 is 1.47 bits per heavy atom. The van der Waals surface area contributed by atoms with E-state index in [4.69, 9.17) is 4.74 Å². The smallest absolute Gasteiger partial charge is 0.341 e. The molecule has 1 aromatic heterocycles. The molecule has 1 aromatic rings. The first-order valence-corrected chi connectivity index (χ1v) is 8.80. The van der Waals surface area contributed by atoms with Crippen LogP contribution in [0.4, 0.5) is 5.00 Å². The number of anilines is 1. The van der Waals surface area contributed by atoms with Crippen LogP contribution in [0.5, 0.6) is 0 Å². The average molecular weight is 303 g/mol. The number of hydrogen-bond acceptors (Lipinski definition) is 5. The number of sulfonamides is 1. The summed E-state index contributed by atoms with van der Waals surface area (Å²) in [4.78, 5) is 12.0. The summed E-state index contributed by atoms with van der Waals surface area (Å²) in [7, 11) is -3.38. The molecule has 7 heteroatoms. The molecule has 0 aliphatic heterocycles. The molecular weight excluding hydrogens is 286 g/mol. The molecule has 0 atom stereocenters. The monoisotopic (exact) mass is 303 g/mol. The Bertz CT molecular complexity index is 573. The van der Waals surface area contributed by atoms with E-state index in [2.05, 4.69) is 4.72 Å². The van der Waals surface area contributed by atoms with Crippen LogP contribution < -0.4 is 4.72 Å². The summed E-state index contributed by atoms with van der Waals surface area (Å²) in [5, 5.41) is 2.24. The Morgan fingerprint density at radius 3 is 2.68 bits per heavy atom. The molecule has 106 valence electrons. The van der Waals surface area contributed by atoms with Crippen molar-refractivity contribution in [3.63, 3.8) is 0 Å². The van der Waals surface area contributed by atoms with Gasteiger partial charge in [-0.1, -0.05) is 0 Å². The largest absolute Gasteiger partial charge is 0.462 e. The second-order valence-electron chi connectivity index (χ2n) is 4.40. The maximum absolute atomic E-state index is 12.0. The maximum Gasteiger partial charge on any atom is 0.341 e. The zero-order chi connectivity index (χ0) is 14.0. The molecule has 5 nitrogen and oxygen atoms in total. The van der Waals surface area contributed by atoms with E-state index >= 15 is 0 Å². The standard InChI is InChI=1S/C12H17NO4S2/c1-3-17-12(14)10-9(8-5-6-8)7-18-11(10)13-19(15,16)4-2/h7-8,13H,3-6H2,1-2H3. The molecule has 0 aromatic carbocycles. The molecule has 1 fully saturated rings. The summed E-state index contributed by atoms with van der Waals surface area (Å²) in [6.45, 7) is 3.57. The van der Waals surface area contributed by atoms with Gasteiger partial charge in [0.15, 0.2) is 0 Å². The van der Waals surface area contributed by atoms with Crippen molar-refractivity contribution in [2.75, 3.05) is 17.1 Å². The number of carbonyl (C=O) groups is 1. The number of nitrogens with one attached hydrogen (secondary N) is 1. The van der Waals surface area contributed by atoms with Crippen LogP contribution in [0.1, 0.15) is 48.5 Å². The number of hydrogen-bond donors (Lipinski definition) is 1. The lowest BCUT2D eigenvalue weighted by Crippen LogP contribution is -2.17. The number of esters is 1. The highest BCUT2D eigenvalue weighted by molar-refractivity contribution is 7.92. The molecule has 0 radical (unpaired) electrons.